The maximum absolute atomic E-state index is 9.00. The normalized spacial score (nSPS) is 24.6. The lowest BCUT2D eigenvalue weighted by molar-refractivity contribution is -0.105. The highest BCUT2D eigenvalue weighted by atomic mass is 16.5. The molecule has 46 valence electrons. The van der Waals surface area contributed by atoms with E-state index in [2.05, 4.69) is 0 Å². The summed E-state index contributed by atoms with van der Waals surface area (Å²) in [7, 11) is 0. The number of hydrogen-bond acceptors (Lipinski definition) is 2. The lowest BCUT2D eigenvalue weighted by Crippen LogP contribution is -2.33. The minimum Gasteiger partial charge on any atom is -0.288 e. The van der Waals surface area contributed by atoms with E-state index in [1.54, 1.807) is 6.20 Å². The molecule has 0 saturated heterocycles. The summed E-state index contributed by atoms with van der Waals surface area (Å²) in [5, 5.41) is 10.2. The Morgan fingerprint density at radius 3 is 2.38 bits per heavy atom. The maximum Gasteiger partial charge on any atom is 0.0643 e. The van der Waals surface area contributed by atoms with Gasteiger partial charge in [0, 0.05) is 6.20 Å². The highest BCUT2D eigenvalue weighted by molar-refractivity contribution is 4.99. The Bertz CT molecular complexity index is 118. The molecule has 8 heavy (non-hydrogen) atoms. The van der Waals surface area contributed by atoms with Gasteiger partial charge in [0.1, 0.15) is 0 Å². The number of nitrogens with zero attached hydrogens (tertiary/aromatic N) is 1. The van der Waals surface area contributed by atoms with Gasteiger partial charge in [0.15, 0.2) is 0 Å². The Labute approximate surface area is 49.4 Å². The molecule has 1 rings (SSSR count). The van der Waals surface area contributed by atoms with Crippen molar-refractivity contribution in [2.45, 2.75) is 25.8 Å². The van der Waals surface area contributed by atoms with Gasteiger partial charge in [-0.05, 0) is 20.3 Å². The topological polar surface area (TPSA) is 23.5 Å². The third-order valence-corrected chi connectivity index (χ3v) is 1.48. The van der Waals surface area contributed by atoms with Crippen LogP contribution in [-0.2, 0) is 0 Å². The van der Waals surface area contributed by atoms with Crippen LogP contribution in [0, 0.1) is 0 Å². The van der Waals surface area contributed by atoms with Gasteiger partial charge in [-0.25, -0.2) is 0 Å². The summed E-state index contributed by atoms with van der Waals surface area (Å²) in [5.41, 5.74) is -0.0694. The molecule has 0 amide bonds. The van der Waals surface area contributed by atoms with Gasteiger partial charge in [0.05, 0.1) is 5.54 Å². The number of hydroxylamine groups is 2. The molecule has 1 heterocycles. The monoisotopic (exact) mass is 113 g/mol. The van der Waals surface area contributed by atoms with Crippen LogP contribution in [0.5, 0.6) is 0 Å². The molecule has 0 bridgehead atoms. The molecule has 0 saturated carbocycles. The quantitative estimate of drug-likeness (QED) is 0.513. The van der Waals surface area contributed by atoms with Crippen molar-refractivity contribution >= 4 is 0 Å². The van der Waals surface area contributed by atoms with Gasteiger partial charge >= 0.3 is 0 Å². The van der Waals surface area contributed by atoms with E-state index in [4.69, 9.17) is 5.21 Å². The molecule has 2 heteroatoms. The Hall–Kier alpha value is -0.500. The highest BCUT2D eigenvalue weighted by Gasteiger charge is 2.25. The Morgan fingerprint density at radius 1 is 1.62 bits per heavy atom. The van der Waals surface area contributed by atoms with E-state index in [0.717, 1.165) is 6.42 Å². The molecule has 0 spiro atoms. The Kier molecular flexibility index (Phi) is 1.05. The van der Waals surface area contributed by atoms with Crippen molar-refractivity contribution in [3.05, 3.63) is 12.3 Å². The van der Waals surface area contributed by atoms with E-state index in [1.807, 2.05) is 19.9 Å². The van der Waals surface area contributed by atoms with Crippen LogP contribution < -0.4 is 0 Å². The van der Waals surface area contributed by atoms with Gasteiger partial charge in [-0.1, -0.05) is 6.08 Å². The largest absolute Gasteiger partial charge is 0.288 e. The molecule has 0 aromatic carbocycles. The van der Waals surface area contributed by atoms with Crippen LogP contribution in [0.2, 0.25) is 0 Å². The van der Waals surface area contributed by atoms with Crippen LogP contribution in [0.4, 0.5) is 0 Å². The summed E-state index contributed by atoms with van der Waals surface area (Å²) in [5.74, 6) is 0. The van der Waals surface area contributed by atoms with Crippen LogP contribution in [0.1, 0.15) is 20.3 Å². The second-order valence-electron chi connectivity index (χ2n) is 2.75. The first-order valence-electron chi connectivity index (χ1n) is 2.78. The van der Waals surface area contributed by atoms with E-state index >= 15 is 0 Å². The van der Waals surface area contributed by atoms with E-state index in [1.165, 1.54) is 5.06 Å². The van der Waals surface area contributed by atoms with Crippen LogP contribution in [-0.4, -0.2) is 15.8 Å². The summed E-state index contributed by atoms with van der Waals surface area (Å²) in [6, 6.07) is 0. The average molecular weight is 113 g/mol. The second kappa shape index (κ2) is 1.49. The SMILES string of the molecule is CC1(C)CC=CN1O. The zero-order valence-electron chi connectivity index (χ0n) is 5.26. The maximum atomic E-state index is 9.00. The minimum absolute atomic E-state index is 0.0694. The fraction of sp³-hybridized carbons (Fsp3) is 0.667. The first kappa shape index (κ1) is 5.63. The van der Waals surface area contributed by atoms with E-state index in [-0.39, 0.29) is 5.54 Å². The van der Waals surface area contributed by atoms with Gasteiger partial charge in [-0.3, -0.25) is 10.3 Å². The predicted octanol–water partition coefficient (Wildman–Crippen LogP) is 1.37. The lowest BCUT2D eigenvalue weighted by Gasteiger charge is -2.25. The fourth-order valence-corrected chi connectivity index (χ4v) is 0.736. The van der Waals surface area contributed by atoms with Crippen molar-refractivity contribution in [1.82, 2.24) is 5.06 Å². The van der Waals surface area contributed by atoms with Gasteiger partial charge < -0.3 is 0 Å². The zero-order valence-corrected chi connectivity index (χ0v) is 5.26. The molecule has 1 aliphatic rings. The molecule has 0 fully saturated rings. The van der Waals surface area contributed by atoms with Crippen LogP contribution >= 0.6 is 0 Å². The smallest absolute Gasteiger partial charge is 0.0643 e. The molecule has 1 aliphatic heterocycles. The van der Waals surface area contributed by atoms with Crippen molar-refractivity contribution in [2.24, 2.45) is 0 Å². The molecule has 0 atom stereocenters. The number of hydrogen-bond donors (Lipinski definition) is 1. The fourth-order valence-electron chi connectivity index (χ4n) is 0.736. The van der Waals surface area contributed by atoms with Gasteiger partial charge in [-0.15, -0.1) is 0 Å². The van der Waals surface area contributed by atoms with Gasteiger partial charge in [-0.2, -0.15) is 0 Å². The molecule has 0 radical (unpaired) electrons. The summed E-state index contributed by atoms with van der Waals surface area (Å²) in [6.07, 6.45) is 4.59. The third kappa shape index (κ3) is 0.713. The molecule has 2 nitrogen and oxygen atoms in total. The zero-order chi connectivity index (χ0) is 6.20. The van der Waals surface area contributed by atoms with Crippen molar-refractivity contribution in [3.8, 4) is 0 Å². The third-order valence-electron chi connectivity index (χ3n) is 1.48. The standard InChI is InChI=1S/C6H11NO/c1-6(2)4-3-5-7(6)8/h3,5,8H,4H2,1-2H3. The van der Waals surface area contributed by atoms with Crippen LogP contribution in [0.25, 0.3) is 0 Å². The second-order valence-corrected chi connectivity index (χ2v) is 2.75. The molecular weight excluding hydrogens is 102 g/mol. The van der Waals surface area contributed by atoms with E-state index in [9.17, 15) is 0 Å². The first-order chi connectivity index (χ1) is 3.63. The van der Waals surface area contributed by atoms with Gasteiger partial charge in [0.25, 0.3) is 0 Å². The Balaban J connectivity index is 2.64. The number of rotatable bonds is 0. The highest BCUT2D eigenvalue weighted by Crippen LogP contribution is 2.22. The van der Waals surface area contributed by atoms with Crippen molar-refractivity contribution in [2.75, 3.05) is 0 Å². The molecule has 0 aromatic rings. The minimum atomic E-state index is -0.0694. The van der Waals surface area contributed by atoms with Crippen molar-refractivity contribution in [3.63, 3.8) is 0 Å². The molecule has 0 unspecified atom stereocenters. The van der Waals surface area contributed by atoms with E-state index < -0.39 is 0 Å². The summed E-state index contributed by atoms with van der Waals surface area (Å²) >= 11 is 0. The van der Waals surface area contributed by atoms with Crippen molar-refractivity contribution in [1.29, 1.82) is 0 Å². The summed E-state index contributed by atoms with van der Waals surface area (Å²) in [6.45, 7) is 3.99. The molecule has 0 aliphatic carbocycles. The molecular formula is C6H11NO. The summed E-state index contributed by atoms with van der Waals surface area (Å²) in [4.78, 5) is 0. The van der Waals surface area contributed by atoms with Crippen LogP contribution in [0.15, 0.2) is 12.3 Å². The molecule has 1 N–H and O–H groups in total. The predicted molar refractivity (Wildman–Crippen MR) is 31.5 cm³/mol. The summed E-state index contributed by atoms with van der Waals surface area (Å²) < 4.78 is 0. The van der Waals surface area contributed by atoms with Crippen LogP contribution in [0.3, 0.4) is 0 Å². The Morgan fingerprint density at radius 2 is 2.25 bits per heavy atom. The molecule has 0 aromatic heterocycles. The lowest BCUT2D eigenvalue weighted by atomic mass is 10.0. The van der Waals surface area contributed by atoms with E-state index in [0.29, 0.717) is 0 Å². The first-order valence-corrected chi connectivity index (χ1v) is 2.78. The van der Waals surface area contributed by atoms with Gasteiger partial charge in [0.2, 0.25) is 0 Å². The van der Waals surface area contributed by atoms with Crippen molar-refractivity contribution < 1.29 is 5.21 Å². The average Bonchev–Trinajstić information content (AvgIpc) is 1.86.